The van der Waals surface area contributed by atoms with Crippen LogP contribution in [0.3, 0.4) is 0 Å². The average molecular weight is 274 g/mol. The molecule has 0 heterocycles. The highest BCUT2D eigenvalue weighted by molar-refractivity contribution is 9.10. The second-order valence-corrected chi connectivity index (χ2v) is 4.41. The van der Waals surface area contributed by atoms with Gasteiger partial charge in [-0.15, -0.1) is 0 Å². The van der Waals surface area contributed by atoms with Crippen LogP contribution in [0.1, 0.15) is 11.1 Å². The Morgan fingerprint density at radius 2 is 2.20 bits per heavy atom. The van der Waals surface area contributed by atoms with Crippen molar-refractivity contribution in [1.29, 1.82) is 0 Å². The van der Waals surface area contributed by atoms with Crippen molar-refractivity contribution in [2.75, 3.05) is 13.2 Å². The molecule has 1 unspecified atom stereocenters. The summed E-state index contributed by atoms with van der Waals surface area (Å²) >= 11 is 3.46. The lowest BCUT2D eigenvalue weighted by Crippen LogP contribution is -2.28. The molecule has 0 aliphatic heterocycles. The van der Waals surface area contributed by atoms with Crippen molar-refractivity contribution < 1.29 is 10.2 Å². The van der Waals surface area contributed by atoms with E-state index in [0.717, 1.165) is 10.0 Å². The number of aliphatic hydroxyl groups excluding tert-OH is 2. The standard InChI is InChI=1S/C11H16BrNO2/c1-8-2-3-9(4-11(8)12)5-13-6-10(15)7-14/h2-4,10,13-15H,5-7H2,1H3. The fourth-order valence-corrected chi connectivity index (χ4v) is 1.62. The molecule has 1 aromatic carbocycles. The maximum atomic E-state index is 9.11. The molecule has 3 nitrogen and oxygen atoms in total. The molecule has 1 aromatic rings. The minimum absolute atomic E-state index is 0.204. The van der Waals surface area contributed by atoms with Gasteiger partial charge in [-0.2, -0.15) is 0 Å². The van der Waals surface area contributed by atoms with Crippen LogP contribution in [0, 0.1) is 6.92 Å². The molecule has 0 saturated heterocycles. The molecular weight excluding hydrogens is 258 g/mol. The molecule has 15 heavy (non-hydrogen) atoms. The summed E-state index contributed by atoms with van der Waals surface area (Å²) in [5.74, 6) is 0. The fraction of sp³-hybridized carbons (Fsp3) is 0.455. The van der Waals surface area contributed by atoms with Crippen molar-refractivity contribution in [3.05, 3.63) is 33.8 Å². The minimum atomic E-state index is -0.682. The average Bonchev–Trinajstić information content (AvgIpc) is 2.23. The fourth-order valence-electron chi connectivity index (χ4n) is 1.19. The van der Waals surface area contributed by atoms with Crippen molar-refractivity contribution in [3.63, 3.8) is 0 Å². The van der Waals surface area contributed by atoms with E-state index in [1.807, 2.05) is 25.1 Å². The lowest BCUT2D eigenvalue weighted by Gasteiger charge is -2.09. The summed E-state index contributed by atoms with van der Waals surface area (Å²) in [7, 11) is 0. The zero-order valence-electron chi connectivity index (χ0n) is 8.70. The predicted molar refractivity (Wildman–Crippen MR) is 63.7 cm³/mol. The van der Waals surface area contributed by atoms with E-state index in [1.165, 1.54) is 5.56 Å². The van der Waals surface area contributed by atoms with Gasteiger partial charge in [0.05, 0.1) is 12.7 Å². The Labute approximate surface area is 98.3 Å². The maximum absolute atomic E-state index is 9.11. The molecule has 0 spiro atoms. The summed E-state index contributed by atoms with van der Waals surface area (Å²) < 4.78 is 1.09. The number of aliphatic hydroxyl groups is 2. The van der Waals surface area contributed by atoms with Crippen molar-refractivity contribution in [3.8, 4) is 0 Å². The predicted octanol–water partition coefficient (Wildman–Crippen LogP) is 1.20. The van der Waals surface area contributed by atoms with E-state index in [1.54, 1.807) is 0 Å². The molecule has 0 aliphatic rings. The van der Waals surface area contributed by atoms with Crippen molar-refractivity contribution in [1.82, 2.24) is 5.32 Å². The van der Waals surface area contributed by atoms with Gasteiger partial charge < -0.3 is 15.5 Å². The molecule has 0 fully saturated rings. The van der Waals surface area contributed by atoms with E-state index in [0.29, 0.717) is 13.1 Å². The Morgan fingerprint density at radius 1 is 1.47 bits per heavy atom. The Kier molecular flexibility index (Phi) is 5.25. The Hall–Kier alpha value is -0.420. The zero-order chi connectivity index (χ0) is 11.3. The lowest BCUT2D eigenvalue weighted by atomic mass is 10.1. The zero-order valence-corrected chi connectivity index (χ0v) is 10.3. The number of nitrogens with one attached hydrogen (secondary N) is 1. The van der Waals surface area contributed by atoms with Gasteiger partial charge in [0.25, 0.3) is 0 Å². The van der Waals surface area contributed by atoms with E-state index in [4.69, 9.17) is 10.2 Å². The molecule has 1 rings (SSSR count). The second kappa shape index (κ2) is 6.23. The molecule has 4 heteroatoms. The van der Waals surface area contributed by atoms with Gasteiger partial charge in [0, 0.05) is 17.6 Å². The first-order valence-electron chi connectivity index (χ1n) is 4.88. The molecule has 0 aromatic heterocycles. The van der Waals surface area contributed by atoms with Gasteiger partial charge in [0.1, 0.15) is 0 Å². The van der Waals surface area contributed by atoms with Crippen LogP contribution in [0.5, 0.6) is 0 Å². The van der Waals surface area contributed by atoms with E-state index >= 15 is 0 Å². The number of hydrogen-bond donors (Lipinski definition) is 3. The van der Waals surface area contributed by atoms with Crippen LogP contribution in [0.15, 0.2) is 22.7 Å². The summed E-state index contributed by atoms with van der Waals surface area (Å²) in [6, 6.07) is 6.13. The van der Waals surface area contributed by atoms with Crippen LogP contribution in [-0.2, 0) is 6.54 Å². The molecule has 0 aliphatic carbocycles. The normalized spacial score (nSPS) is 12.8. The SMILES string of the molecule is Cc1ccc(CNCC(O)CO)cc1Br. The highest BCUT2D eigenvalue weighted by Crippen LogP contribution is 2.17. The van der Waals surface area contributed by atoms with Gasteiger partial charge in [-0.05, 0) is 24.1 Å². The lowest BCUT2D eigenvalue weighted by molar-refractivity contribution is 0.0942. The molecule has 0 bridgehead atoms. The van der Waals surface area contributed by atoms with E-state index in [-0.39, 0.29) is 6.61 Å². The summed E-state index contributed by atoms with van der Waals surface area (Å²) in [4.78, 5) is 0. The molecule has 0 radical (unpaired) electrons. The molecule has 1 atom stereocenters. The van der Waals surface area contributed by atoms with E-state index in [9.17, 15) is 0 Å². The summed E-state index contributed by atoms with van der Waals surface area (Å²) in [6.07, 6.45) is -0.682. The third kappa shape index (κ3) is 4.30. The van der Waals surface area contributed by atoms with E-state index < -0.39 is 6.10 Å². The van der Waals surface area contributed by atoms with Crippen LogP contribution >= 0.6 is 15.9 Å². The molecule has 0 amide bonds. The van der Waals surface area contributed by atoms with Crippen LogP contribution in [0.25, 0.3) is 0 Å². The van der Waals surface area contributed by atoms with Crippen LogP contribution in [0.2, 0.25) is 0 Å². The highest BCUT2D eigenvalue weighted by atomic mass is 79.9. The number of aryl methyl sites for hydroxylation is 1. The van der Waals surface area contributed by atoms with Gasteiger partial charge in [0.15, 0.2) is 0 Å². The highest BCUT2D eigenvalue weighted by Gasteiger charge is 2.01. The Morgan fingerprint density at radius 3 is 2.80 bits per heavy atom. The van der Waals surface area contributed by atoms with Crippen LogP contribution in [-0.4, -0.2) is 29.5 Å². The number of halogens is 1. The molecular formula is C11H16BrNO2. The third-order valence-corrected chi connectivity index (χ3v) is 3.01. The summed E-state index contributed by atoms with van der Waals surface area (Å²) in [6.45, 7) is 2.93. The van der Waals surface area contributed by atoms with Gasteiger partial charge in [-0.1, -0.05) is 28.1 Å². The van der Waals surface area contributed by atoms with Crippen molar-refractivity contribution in [2.45, 2.75) is 19.6 Å². The van der Waals surface area contributed by atoms with Crippen LogP contribution < -0.4 is 5.32 Å². The monoisotopic (exact) mass is 273 g/mol. The van der Waals surface area contributed by atoms with Gasteiger partial charge in [-0.3, -0.25) is 0 Å². The largest absolute Gasteiger partial charge is 0.394 e. The first-order chi connectivity index (χ1) is 7.13. The number of hydrogen-bond acceptors (Lipinski definition) is 3. The van der Waals surface area contributed by atoms with Crippen molar-refractivity contribution in [2.24, 2.45) is 0 Å². The Bertz CT molecular complexity index is 317. The molecule has 3 N–H and O–H groups in total. The summed E-state index contributed by atoms with van der Waals surface area (Å²) in [5, 5.41) is 20.8. The van der Waals surface area contributed by atoms with Gasteiger partial charge >= 0.3 is 0 Å². The first kappa shape index (κ1) is 12.6. The molecule has 84 valence electrons. The maximum Gasteiger partial charge on any atom is 0.0895 e. The first-order valence-corrected chi connectivity index (χ1v) is 5.67. The second-order valence-electron chi connectivity index (χ2n) is 3.55. The Balaban J connectivity index is 2.41. The smallest absolute Gasteiger partial charge is 0.0895 e. The van der Waals surface area contributed by atoms with Gasteiger partial charge in [0.2, 0.25) is 0 Å². The summed E-state index contributed by atoms with van der Waals surface area (Å²) in [5.41, 5.74) is 2.35. The molecule has 0 saturated carbocycles. The minimum Gasteiger partial charge on any atom is -0.394 e. The van der Waals surface area contributed by atoms with Crippen molar-refractivity contribution >= 4 is 15.9 Å². The topological polar surface area (TPSA) is 52.5 Å². The number of rotatable bonds is 5. The third-order valence-electron chi connectivity index (χ3n) is 2.16. The van der Waals surface area contributed by atoms with Crippen LogP contribution in [0.4, 0.5) is 0 Å². The van der Waals surface area contributed by atoms with E-state index in [2.05, 4.69) is 21.2 Å². The number of benzene rings is 1. The quantitative estimate of drug-likeness (QED) is 0.756. The van der Waals surface area contributed by atoms with Gasteiger partial charge in [-0.25, -0.2) is 0 Å².